The van der Waals surface area contributed by atoms with Crippen molar-refractivity contribution in [2.24, 2.45) is 0 Å². The van der Waals surface area contributed by atoms with E-state index in [-0.39, 0.29) is 5.95 Å². The largest absolute Gasteiger partial charge is 0.368 e. The van der Waals surface area contributed by atoms with Crippen molar-refractivity contribution in [1.82, 2.24) is 35.1 Å². The van der Waals surface area contributed by atoms with E-state index >= 15 is 0 Å². The number of aromatic nitrogens is 5. The highest BCUT2D eigenvalue weighted by molar-refractivity contribution is 5.77. The van der Waals surface area contributed by atoms with Crippen LogP contribution in [0.2, 0.25) is 0 Å². The first-order valence-corrected chi connectivity index (χ1v) is 13.8. The minimum absolute atomic E-state index is 0.0823. The number of fused-ring (bicyclic) bond motifs is 1. The Labute approximate surface area is 231 Å². The van der Waals surface area contributed by atoms with Crippen LogP contribution >= 0.6 is 0 Å². The van der Waals surface area contributed by atoms with Gasteiger partial charge < -0.3 is 20.7 Å². The van der Waals surface area contributed by atoms with Gasteiger partial charge in [-0.25, -0.2) is 13.8 Å². The molecule has 6 rings (SSSR count). The Morgan fingerprint density at radius 2 is 1.80 bits per heavy atom. The summed E-state index contributed by atoms with van der Waals surface area (Å²) in [5, 5.41) is 10.2. The highest BCUT2D eigenvalue weighted by Gasteiger charge is 2.29. The van der Waals surface area contributed by atoms with E-state index in [0.717, 1.165) is 32.5 Å². The fourth-order valence-corrected chi connectivity index (χ4v) is 5.65. The number of imidazole rings is 1. The van der Waals surface area contributed by atoms with Crippen LogP contribution in [-0.4, -0.2) is 62.8 Å². The first kappa shape index (κ1) is 26.7. The zero-order valence-corrected chi connectivity index (χ0v) is 22.7. The molecule has 2 unspecified atom stereocenters. The molecule has 0 saturated carbocycles. The zero-order chi connectivity index (χ0) is 27.7. The average Bonchev–Trinajstić information content (AvgIpc) is 3.62. The highest BCUT2D eigenvalue weighted by atomic mass is 19.3. The molecule has 0 radical (unpaired) electrons. The molecule has 210 valence electrons. The number of rotatable bonds is 8. The van der Waals surface area contributed by atoms with Gasteiger partial charge in [-0.05, 0) is 62.4 Å². The number of anilines is 1. The summed E-state index contributed by atoms with van der Waals surface area (Å²) >= 11 is 0. The quantitative estimate of drug-likeness (QED) is 0.299. The van der Waals surface area contributed by atoms with Gasteiger partial charge in [-0.1, -0.05) is 36.4 Å². The molecule has 2 atom stereocenters. The van der Waals surface area contributed by atoms with Gasteiger partial charge >= 0.3 is 0 Å². The van der Waals surface area contributed by atoms with Crippen molar-refractivity contribution in [3.8, 4) is 5.95 Å². The molecule has 0 spiro atoms. The van der Waals surface area contributed by atoms with E-state index in [1.54, 1.807) is 24.3 Å². The lowest BCUT2D eigenvalue weighted by Crippen LogP contribution is -2.37. The number of benzene rings is 2. The van der Waals surface area contributed by atoms with Crippen LogP contribution in [0.3, 0.4) is 0 Å². The number of halogens is 2. The van der Waals surface area contributed by atoms with Crippen molar-refractivity contribution in [2.45, 2.75) is 50.7 Å². The van der Waals surface area contributed by atoms with Crippen LogP contribution < -0.4 is 16.0 Å². The molecule has 11 heteroatoms. The van der Waals surface area contributed by atoms with E-state index in [1.165, 1.54) is 15.7 Å². The maximum atomic E-state index is 14.2. The molecule has 2 aromatic carbocycles. The van der Waals surface area contributed by atoms with E-state index in [1.807, 2.05) is 0 Å². The molecule has 0 bridgehead atoms. The molecule has 2 saturated heterocycles. The topological polar surface area (TPSA) is 102 Å². The number of morpholine rings is 1. The Balaban J connectivity index is 1.38. The fourth-order valence-electron chi connectivity index (χ4n) is 5.65. The predicted octanol–water partition coefficient (Wildman–Crippen LogP) is 4.32. The van der Waals surface area contributed by atoms with Crippen LogP contribution in [0.5, 0.6) is 0 Å². The van der Waals surface area contributed by atoms with Crippen molar-refractivity contribution in [3.05, 3.63) is 71.3 Å². The van der Waals surface area contributed by atoms with Crippen LogP contribution in [0.4, 0.5) is 14.7 Å². The monoisotopic (exact) mass is 548 g/mol. The molecule has 4 heterocycles. The van der Waals surface area contributed by atoms with Crippen LogP contribution in [0.25, 0.3) is 17.0 Å². The number of alkyl halides is 2. The number of hydrogen-bond acceptors (Lipinski definition) is 8. The summed E-state index contributed by atoms with van der Waals surface area (Å²) in [5.74, 6) is 0.841. The van der Waals surface area contributed by atoms with Crippen LogP contribution in [0.15, 0.2) is 48.5 Å². The lowest BCUT2D eigenvalue weighted by atomic mass is 9.86. The number of ether oxygens (including phenoxy) is 1. The highest BCUT2D eigenvalue weighted by Crippen LogP contribution is 2.31. The van der Waals surface area contributed by atoms with E-state index in [2.05, 4.69) is 69.0 Å². The Bertz CT molecular complexity index is 1480. The summed E-state index contributed by atoms with van der Waals surface area (Å²) in [7, 11) is 0. The second-order valence-electron chi connectivity index (χ2n) is 11.0. The van der Waals surface area contributed by atoms with E-state index in [4.69, 9.17) is 9.72 Å². The van der Waals surface area contributed by atoms with E-state index < -0.39 is 23.9 Å². The third-order valence-electron chi connectivity index (χ3n) is 7.48. The van der Waals surface area contributed by atoms with E-state index in [0.29, 0.717) is 41.9 Å². The van der Waals surface area contributed by atoms with Crippen molar-refractivity contribution in [2.75, 3.05) is 38.1 Å². The fraction of sp³-hybridized carbons (Fsp3) is 0.448. The smallest absolute Gasteiger partial charge is 0.296 e. The molecule has 2 aliphatic heterocycles. The summed E-state index contributed by atoms with van der Waals surface area (Å²) in [6, 6.07) is 15.5. The minimum Gasteiger partial charge on any atom is -0.368 e. The molecule has 0 aliphatic carbocycles. The number of hydrogen-bond donors (Lipinski definition) is 3. The van der Waals surface area contributed by atoms with Crippen LogP contribution in [0, 0.1) is 0 Å². The van der Waals surface area contributed by atoms with Gasteiger partial charge in [-0.15, -0.1) is 0 Å². The van der Waals surface area contributed by atoms with Gasteiger partial charge in [0.1, 0.15) is 6.10 Å². The molecular weight excluding hydrogens is 514 g/mol. The standard InChI is InChI=1S/C29H34F2N8O/c1-29(2,15-18-7-3-4-8-20(18)19-11-12-32-16-19)38-27-35-25(23-17-33-13-14-40-23)36-28(37-27)39-22-10-6-5-9-21(22)34-26(39)24(30)31/h3-10,19,23-24,32-33H,11-17H2,1-2H3,(H,35,36,37,38). The Morgan fingerprint density at radius 1 is 1.00 bits per heavy atom. The number of nitrogens with zero attached hydrogens (tertiary/aromatic N) is 5. The third kappa shape index (κ3) is 5.54. The maximum Gasteiger partial charge on any atom is 0.296 e. The summed E-state index contributed by atoms with van der Waals surface area (Å²) in [6.07, 6.45) is -1.39. The van der Waals surface area contributed by atoms with Gasteiger partial charge in [0.2, 0.25) is 11.9 Å². The average molecular weight is 549 g/mol. The zero-order valence-electron chi connectivity index (χ0n) is 22.7. The van der Waals surface area contributed by atoms with Crippen LogP contribution in [-0.2, 0) is 11.2 Å². The minimum atomic E-state index is -2.81. The van der Waals surface area contributed by atoms with E-state index in [9.17, 15) is 8.78 Å². The summed E-state index contributed by atoms with van der Waals surface area (Å²) < 4.78 is 35.6. The Kier molecular flexibility index (Phi) is 7.43. The molecule has 2 aliphatic rings. The van der Waals surface area contributed by atoms with Crippen molar-refractivity contribution in [1.29, 1.82) is 0 Å². The van der Waals surface area contributed by atoms with Crippen LogP contribution in [0.1, 0.15) is 61.5 Å². The molecule has 40 heavy (non-hydrogen) atoms. The lowest BCUT2D eigenvalue weighted by molar-refractivity contribution is 0.0220. The van der Waals surface area contributed by atoms with Crippen molar-refractivity contribution in [3.63, 3.8) is 0 Å². The molecule has 2 fully saturated rings. The van der Waals surface area contributed by atoms with Gasteiger partial charge in [0.25, 0.3) is 6.43 Å². The van der Waals surface area contributed by atoms with Gasteiger partial charge in [0.15, 0.2) is 11.6 Å². The van der Waals surface area contributed by atoms with Gasteiger partial charge in [-0.2, -0.15) is 15.0 Å². The van der Waals surface area contributed by atoms with Crippen molar-refractivity contribution < 1.29 is 13.5 Å². The maximum absolute atomic E-state index is 14.2. The molecule has 0 amide bonds. The first-order chi connectivity index (χ1) is 19.4. The molecule has 4 aromatic rings. The summed E-state index contributed by atoms with van der Waals surface area (Å²) in [6.45, 7) is 7.94. The number of nitrogens with one attached hydrogen (secondary N) is 3. The second kappa shape index (κ2) is 11.1. The Morgan fingerprint density at radius 3 is 2.58 bits per heavy atom. The number of para-hydroxylation sites is 2. The molecular formula is C29H34F2N8O. The van der Waals surface area contributed by atoms with Gasteiger partial charge in [0.05, 0.1) is 17.6 Å². The second-order valence-corrected chi connectivity index (χ2v) is 11.0. The Hall–Kier alpha value is -3.54. The SMILES string of the molecule is CC(C)(Cc1ccccc1C1CCNC1)Nc1nc(C2CNCCO2)nc(-n2c(C(F)F)nc3ccccc32)n1. The predicted molar refractivity (Wildman–Crippen MR) is 149 cm³/mol. The summed E-state index contributed by atoms with van der Waals surface area (Å²) in [5.41, 5.74) is 3.12. The van der Waals surface area contributed by atoms with Crippen molar-refractivity contribution >= 4 is 17.0 Å². The molecule has 9 nitrogen and oxygen atoms in total. The normalized spacial score (nSPS) is 19.9. The third-order valence-corrected chi connectivity index (χ3v) is 7.48. The van der Waals surface area contributed by atoms with Gasteiger partial charge in [-0.3, -0.25) is 4.57 Å². The lowest BCUT2D eigenvalue weighted by Gasteiger charge is -2.29. The van der Waals surface area contributed by atoms with Gasteiger partial charge in [0, 0.05) is 25.2 Å². The molecule has 3 N–H and O–H groups in total. The first-order valence-electron chi connectivity index (χ1n) is 13.8. The summed E-state index contributed by atoms with van der Waals surface area (Å²) in [4.78, 5) is 18.2. The molecule has 2 aromatic heterocycles.